The van der Waals surface area contributed by atoms with E-state index in [2.05, 4.69) is 0 Å². The van der Waals surface area contributed by atoms with Gasteiger partial charge in [0.25, 0.3) is 0 Å². The lowest BCUT2D eigenvalue weighted by Gasteiger charge is -2.09. The largest absolute Gasteiger partial charge is 1.00 e. The molecule has 2 rings (SSSR count). The molecule has 0 bridgehead atoms. The van der Waals surface area contributed by atoms with Crippen molar-refractivity contribution in [3.05, 3.63) is 58.6 Å². The number of rotatable bonds is 12. The van der Waals surface area contributed by atoms with Crippen LogP contribution in [0.15, 0.2) is 48.5 Å². The molecule has 2 aromatic rings. The van der Waals surface area contributed by atoms with E-state index in [9.17, 15) is 9.59 Å². The standard InChI is InChI=1S/2C12H16ClNO3.2ClH/c2*1-14(2)7-8-16-12(15)9-17-11-5-3-10(13)4-6-11;;/h2*3-6H,7-9H2,1-2H3;2*1H. The Morgan fingerprint density at radius 1 is 0.639 bits per heavy atom. The molecule has 2 N–H and O–H groups in total. The van der Waals surface area contributed by atoms with E-state index in [1.807, 2.05) is 28.2 Å². The summed E-state index contributed by atoms with van der Waals surface area (Å²) in [6, 6.07) is 13.7. The van der Waals surface area contributed by atoms with Crippen LogP contribution in [0.3, 0.4) is 0 Å². The lowest BCUT2D eigenvalue weighted by molar-refractivity contribution is -0.858. The number of quaternary nitrogens is 2. The average Bonchev–Trinajstić information content (AvgIpc) is 2.78. The number of benzene rings is 2. The number of esters is 2. The summed E-state index contributed by atoms with van der Waals surface area (Å²) in [5, 5.41) is 1.27. The van der Waals surface area contributed by atoms with Crippen molar-refractivity contribution in [2.24, 2.45) is 0 Å². The van der Waals surface area contributed by atoms with E-state index >= 15 is 0 Å². The minimum Gasteiger partial charge on any atom is -1.00 e. The van der Waals surface area contributed by atoms with E-state index in [-0.39, 0.29) is 50.0 Å². The highest BCUT2D eigenvalue weighted by atomic mass is 35.5. The van der Waals surface area contributed by atoms with Gasteiger partial charge in [0, 0.05) is 10.0 Å². The summed E-state index contributed by atoms with van der Waals surface area (Å²) >= 11 is 11.4. The molecule has 0 aliphatic carbocycles. The fraction of sp³-hybridized carbons (Fsp3) is 0.417. The van der Waals surface area contributed by atoms with Gasteiger partial charge in [0.05, 0.1) is 28.2 Å². The molecule has 0 radical (unpaired) electrons. The molecule has 36 heavy (non-hydrogen) atoms. The molecule has 0 heterocycles. The number of hydrogen-bond acceptors (Lipinski definition) is 6. The summed E-state index contributed by atoms with van der Waals surface area (Å²) in [5.41, 5.74) is 0. The van der Waals surface area contributed by atoms with Crippen molar-refractivity contribution in [2.45, 2.75) is 0 Å². The first-order valence-electron chi connectivity index (χ1n) is 10.8. The Bertz CT molecular complexity index is 781. The van der Waals surface area contributed by atoms with Gasteiger partial charge in [-0.25, -0.2) is 9.59 Å². The minimum atomic E-state index is -0.360. The van der Waals surface area contributed by atoms with E-state index in [4.69, 9.17) is 42.1 Å². The van der Waals surface area contributed by atoms with Crippen molar-refractivity contribution in [3.63, 3.8) is 0 Å². The van der Waals surface area contributed by atoms with Crippen molar-refractivity contribution in [3.8, 4) is 11.5 Å². The first-order chi connectivity index (χ1) is 16.2. The quantitative estimate of drug-likeness (QED) is 0.242. The Labute approximate surface area is 235 Å². The predicted octanol–water partition coefficient (Wildman–Crippen LogP) is -5.18. The molecule has 12 heteroatoms. The van der Waals surface area contributed by atoms with Crippen molar-refractivity contribution in [2.75, 3.05) is 67.7 Å². The molecule has 0 spiro atoms. The maximum Gasteiger partial charge on any atom is 0.344 e. The summed E-state index contributed by atoms with van der Waals surface area (Å²) in [6.45, 7) is 2.23. The van der Waals surface area contributed by atoms with Crippen LogP contribution >= 0.6 is 23.2 Å². The molecule has 0 fully saturated rings. The molecule has 2 aromatic carbocycles. The Balaban J connectivity index is 0. The third-order valence-corrected chi connectivity index (χ3v) is 4.57. The number of ether oxygens (including phenoxy) is 4. The van der Waals surface area contributed by atoms with E-state index < -0.39 is 0 Å². The summed E-state index contributed by atoms with van der Waals surface area (Å²) in [6.07, 6.45) is 0. The van der Waals surface area contributed by atoms with Gasteiger partial charge in [0.15, 0.2) is 13.2 Å². The van der Waals surface area contributed by atoms with Gasteiger partial charge in [0.2, 0.25) is 0 Å². The zero-order chi connectivity index (χ0) is 25.3. The molecule has 0 atom stereocenters. The van der Waals surface area contributed by atoms with Gasteiger partial charge in [-0.05, 0) is 48.5 Å². The molecule has 0 aliphatic heterocycles. The van der Waals surface area contributed by atoms with Crippen LogP contribution in [0, 0.1) is 0 Å². The van der Waals surface area contributed by atoms with Crippen LogP contribution in [0.25, 0.3) is 0 Å². The molecule has 0 aromatic heterocycles. The second-order valence-corrected chi connectivity index (χ2v) is 8.71. The number of hydrogen-bond donors (Lipinski definition) is 2. The van der Waals surface area contributed by atoms with Crippen LogP contribution in [0.5, 0.6) is 11.5 Å². The Morgan fingerprint density at radius 2 is 0.944 bits per heavy atom. The molecule has 0 amide bonds. The summed E-state index contributed by atoms with van der Waals surface area (Å²) in [4.78, 5) is 25.0. The molecule has 0 saturated carbocycles. The van der Waals surface area contributed by atoms with Crippen molar-refractivity contribution in [1.82, 2.24) is 0 Å². The van der Waals surface area contributed by atoms with E-state index in [1.54, 1.807) is 48.5 Å². The molecule has 0 saturated heterocycles. The predicted molar refractivity (Wildman–Crippen MR) is 131 cm³/mol. The highest BCUT2D eigenvalue weighted by molar-refractivity contribution is 6.30. The third kappa shape index (κ3) is 19.3. The first kappa shape index (κ1) is 36.2. The fourth-order valence-electron chi connectivity index (χ4n) is 2.17. The van der Waals surface area contributed by atoms with Gasteiger partial charge < -0.3 is 53.6 Å². The number of halogens is 4. The normalized spacial score (nSPS) is 9.78. The van der Waals surface area contributed by atoms with Gasteiger partial charge in [-0.15, -0.1) is 0 Å². The van der Waals surface area contributed by atoms with Gasteiger partial charge in [-0.3, -0.25) is 0 Å². The number of nitrogens with one attached hydrogen (secondary N) is 2. The van der Waals surface area contributed by atoms with Crippen LogP contribution in [0.2, 0.25) is 10.0 Å². The monoisotopic (exact) mass is 586 g/mol. The van der Waals surface area contributed by atoms with Crippen LogP contribution in [0.4, 0.5) is 0 Å². The van der Waals surface area contributed by atoms with Crippen LogP contribution in [-0.4, -0.2) is 79.6 Å². The van der Waals surface area contributed by atoms with Crippen molar-refractivity contribution >= 4 is 35.1 Å². The molecule has 204 valence electrons. The molecule has 0 unspecified atom stereocenters. The van der Waals surface area contributed by atoms with E-state index in [0.29, 0.717) is 34.8 Å². The van der Waals surface area contributed by atoms with E-state index in [0.717, 1.165) is 13.1 Å². The maximum atomic E-state index is 11.3. The number of carbonyl (C=O) groups excluding carboxylic acids is 2. The second kappa shape index (κ2) is 21.2. The van der Waals surface area contributed by atoms with Crippen LogP contribution in [-0.2, 0) is 19.1 Å². The summed E-state index contributed by atoms with van der Waals surface area (Å²) in [7, 11) is 7.99. The lowest BCUT2D eigenvalue weighted by Crippen LogP contribution is -3.06. The number of carbonyl (C=O) groups is 2. The van der Waals surface area contributed by atoms with E-state index in [1.165, 1.54) is 9.80 Å². The molecular weight excluding hydrogens is 554 g/mol. The highest BCUT2D eigenvalue weighted by Gasteiger charge is 2.06. The van der Waals surface area contributed by atoms with Crippen molar-refractivity contribution in [1.29, 1.82) is 0 Å². The Hall–Kier alpha value is -1.94. The average molecular weight is 588 g/mol. The van der Waals surface area contributed by atoms with Crippen molar-refractivity contribution < 1.29 is 63.2 Å². The van der Waals surface area contributed by atoms with Gasteiger partial charge >= 0.3 is 11.9 Å². The molecule has 8 nitrogen and oxygen atoms in total. The van der Waals surface area contributed by atoms with Gasteiger partial charge in [-0.2, -0.15) is 0 Å². The van der Waals surface area contributed by atoms with Gasteiger partial charge in [-0.1, -0.05) is 23.2 Å². The third-order valence-electron chi connectivity index (χ3n) is 4.07. The summed E-state index contributed by atoms with van der Waals surface area (Å²) in [5.74, 6) is 0.483. The lowest BCUT2D eigenvalue weighted by atomic mass is 10.3. The SMILES string of the molecule is C[NH+](C)CCOC(=O)COc1ccc(Cl)cc1.C[NH+](C)CCOC(=O)COc1ccc(Cl)cc1.[Cl-].[Cl-]. The van der Waals surface area contributed by atoms with Gasteiger partial charge in [0.1, 0.15) is 37.8 Å². The summed E-state index contributed by atoms with van der Waals surface area (Å²) < 4.78 is 20.5. The zero-order valence-corrected chi connectivity index (χ0v) is 23.8. The van der Waals surface area contributed by atoms with Crippen LogP contribution < -0.4 is 44.1 Å². The Morgan fingerprint density at radius 3 is 1.22 bits per heavy atom. The maximum absolute atomic E-state index is 11.3. The molecule has 0 aliphatic rings. The minimum absolute atomic E-state index is 0. The number of likely N-dealkylation sites (N-methyl/N-ethyl adjacent to an activating group) is 2. The zero-order valence-electron chi connectivity index (χ0n) is 20.8. The highest BCUT2D eigenvalue weighted by Crippen LogP contribution is 2.16. The fourth-order valence-corrected chi connectivity index (χ4v) is 2.42. The van der Waals surface area contributed by atoms with Crippen LogP contribution in [0.1, 0.15) is 0 Å². The topological polar surface area (TPSA) is 79.9 Å². The molecular formula is C24H34Cl4N2O6. The second-order valence-electron chi connectivity index (χ2n) is 7.84. The smallest absolute Gasteiger partial charge is 0.344 e. The first-order valence-corrected chi connectivity index (χ1v) is 11.6. The Kier molecular flexibility index (Phi) is 21.3.